The quantitative estimate of drug-likeness (QED) is 0.368. The van der Waals surface area contributed by atoms with Crippen molar-refractivity contribution in [2.24, 2.45) is 11.8 Å². The summed E-state index contributed by atoms with van der Waals surface area (Å²) in [5, 5.41) is 0. The molecule has 0 spiro atoms. The molecule has 0 saturated heterocycles. The lowest BCUT2D eigenvalue weighted by Gasteiger charge is -2.18. The molecular weight excluding hydrogens is 192 g/mol. The highest BCUT2D eigenvalue weighted by Crippen LogP contribution is 2.24. The zero-order valence-corrected chi connectivity index (χ0v) is 12.2. The van der Waals surface area contributed by atoms with Gasteiger partial charge in [0.1, 0.15) is 0 Å². The van der Waals surface area contributed by atoms with Crippen molar-refractivity contribution in [3.05, 3.63) is 0 Å². The van der Waals surface area contributed by atoms with Crippen LogP contribution in [-0.2, 0) is 0 Å². The second-order valence-corrected chi connectivity index (χ2v) is 5.38. The smallest absolute Gasteiger partial charge is 0.0417 e. The first-order valence-electron chi connectivity index (χ1n) is 7.78. The van der Waals surface area contributed by atoms with Gasteiger partial charge in [0.15, 0.2) is 0 Å². The van der Waals surface area contributed by atoms with Crippen LogP contribution in [0.25, 0.3) is 0 Å². The second-order valence-electron chi connectivity index (χ2n) is 5.38. The summed E-state index contributed by atoms with van der Waals surface area (Å²) in [6, 6.07) is 0. The number of unbranched alkanes of at least 4 members (excludes halogenated alkanes) is 3. The van der Waals surface area contributed by atoms with Crippen LogP contribution in [0.2, 0.25) is 0 Å². The Kier molecular flexibility index (Phi) is 11.5. The maximum Gasteiger partial charge on any atom is -0.0417 e. The summed E-state index contributed by atoms with van der Waals surface area (Å²) in [6.07, 6.45) is 14.3. The van der Waals surface area contributed by atoms with Crippen LogP contribution in [0, 0.1) is 11.8 Å². The molecule has 0 aromatic heterocycles. The van der Waals surface area contributed by atoms with Crippen molar-refractivity contribution in [2.45, 2.75) is 91.9 Å². The SMILES string of the molecule is CCCCCCC(CC)CCC(CC)CC. The van der Waals surface area contributed by atoms with Gasteiger partial charge < -0.3 is 0 Å². The van der Waals surface area contributed by atoms with E-state index in [4.69, 9.17) is 0 Å². The Morgan fingerprint density at radius 1 is 0.562 bits per heavy atom. The minimum absolute atomic E-state index is 0.990. The van der Waals surface area contributed by atoms with Gasteiger partial charge in [-0.25, -0.2) is 0 Å². The van der Waals surface area contributed by atoms with Crippen molar-refractivity contribution < 1.29 is 0 Å². The molecule has 0 rings (SSSR count). The molecule has 0 aromatic rings. The summed E-state index contributed by atoms with van der Waals surface area (Å²) in [4.78, 5) is 0. The molecule has 0 aromatic carbocycles. The molecule has 0 heterocycles. The van der Waals surface area contributed by atoms with Crippen molar-refractivity contribution in [1.29, 1.82) is 0 Å². The van der Waals surface area contributed by atoms with Crippen molar-refractivity contribution in [3.63, 3.8) is 0 Å². The van der Waals surface area contributed by atoms with Crippen LogP contribution >= 0.6 is 0 Å². The standard InChI is InChI=1S/C16H34/c1-5-9-10-11-12-16(8-4)14-13-15(6-2)7-3/h15-16H,5-14H2,1-4H3. The van der Waals surface area contributed by atoms with E-state index < -0.39 is 0 Å². The minimum atomic E-state index is 0.990. The average Bonchev–Trinajstić information content (AvgIpc) is 2.33. The number of hydrogen-bond donors (Lipinski definition) is 0. The van der Waals surface area contributed by atoms with Gasteiger partial charge in [0.25, 0.3) is 0 Å². The van der Waals surface area contributed by atoms with Crippen molar-refractivity contribution in [2.75, 3.05) is 0 Å². The van der Waals surface area contributed by atoms with Gasteiger partial charge in [-0.1, -0.05) is 91.9 Å². The van der Waals surface area contributed by atoms with Crippen LogP contribution < -0.4 is 0 Å². The van der Waals surface area contributed by atoms with Gasteiger partial charge in [0, 0.05) is 0 Å². The summed E-state index contributed by atoms with van der Waals surface area (Å²) in [5.41, 5.74) is 0. The highest BCUT2D eigenvalue weighted by molar-refractivity contribution is 4.62. The molecule has 0 fully saturated rings. The van der Waals surface area contributed by atoms with Crippen LogP contribution in [0.5, 0.6) is 0 Å². The third kappa shape index (κ3) is 8.19. The lowest BCUT2D eigenvalue weighted by molar-refractivity contribution is 0.347. The van der Waals surface area contributed by atoms with Crippen molar-refractivity contribution >= 4 is 0 Å². The van der Waals surface area contributed by atoms with Crippen LogP contribution in [-0.4, -0.2) is 0 Å². The second kappa shape index (κ2) is 11.5. The third-order valence-electron chi connectivity index (χ3n) is 4.18. The van der Waals surface area contributed by atoms with E-state index in [0.29, 0.717) is 0 Å². The molecular formula is C16H34. The topological polar surface area (TPSA) is 0 Å². The molecule has 0 saturated carbocycles. The summed E-state index contributed by atoms with van der Waals surface area (Å²) in [6.45, 7) is 9.36. The van der Waals surface area contributed by atoms with Gasteiger partial charge in [-0.15, -0.1) is 0 Å². The molecule has 0 heteroatoms. The van der Waals surface area contributed by atoms with E-state index in [1.165, 1.54) is 64.2 Å². The Morgan fingerprint density at radius 2 is 1.12 bits per heavy atom. The molecule has 0 aliphatic heterocycles. The van der Waals surface area contributed by atoms with E-state index in [0.717, 1.165) is 11.8 Å². The molecule has 1 unspecified atom stereocenters. The molecule has 1 atom stereocenters. The average molecular weight is 226 g/mol. The van der Waals surface area contributed by atoms with E-state index in [1.54, 1.807) is 0 Å². The maximum absolute atomic E-state index is 2.37. The Morgan fingerprint density at radius 3 is 1.62 bits per heavy atom. The molecule has 0 N–H and O–H groups in total. The first-order chi connectivity index (χ1) is 7.78. The van der Waals surface area contributed by atoms with Gasteiger partial charge >= 0.3 is 0 Å². The Hall–Kier alpha value is 0. The monoisotopic (exact) mass is 226 g/mol. The van der Waals surface area contributed by atoms with Crippen LogP contribution in [0.3, 0.4) is 0 Å². The number of hydrogen-bond acceptors (Lipinski definition) is 0. The van der Waals surface area contributed by atoms with Gasteiger partial charge in [0.2, 0.25) is 0 Å². The van der Waals surface area contributed by atoms with Crippen molar-refractivity contribution in [1.82, 2.24) is 0 Å². The molecule has 98 valence electrons. The lowest BCUT2D eigenvalue weighted by Crippen LogP contribution is -2.04. The highest BCUT2D eigenvalue weighted by atomic mass is 14.2. The van der Waals surface area contributed by atoms with E-state index in [-0.39, 0.29) is 0 Å². The molecule has 0 aliphatic carbocycles. The summed E-state index contributed by atoms with van der Waals surface area (Å²) < 4.78 is 0. The molecule has 0 bridgehead atoms. The maximum atomic E-state index is 2.37. The van der Waals surface area contributed by atoms with E-state index in [9.17, 15) is 0 Å². The fourth-order valence-electron chi connectivity index (χ4n) is 2.58. The van der Waals surface area contributed by atoms with Gasteiger partial charge in [-0.3, -0.25) is 0 Å². The van der Waals surface area contributed by atoms with Gasteiger partial charge in [0.05, 0.1) is 0 Å². The first-order valence-corrected chi connectivity index (χ1v) is 7.78. The van der Waals surface area contributed by atoms with E-state index >= 15 is 0 Å². The fourth-order valence-corrected chi connectivity index (χ4v) is 2.58. The van der Waals surface area contributed by atoms with E-state index in [2.05, 4.69) is 27.7 Å². The van der Waals surface area contributed by atoms with Crippen LogP contribution in [0.15, 0.2) is 0 Å². The Labute approximate surface area is 104 Å². The summed E-state index contributed by atoms with van der Waals surface area (Å²) in [7, 11) is 0. The molecule has 0 aliphatic rings. The largest absolute Gasteiger partial charge is 0.0654 e. The first kappa shape index (κ1) is 16.0. The van der Waals surface area contributed by atoms with Gasteiger partial charge in [-0.2, -0.15) is 0 Å². The minimum Gasteiger partial charge on any atom is -0.0654 e. The normalized spacial score (nSPS) is 13.3. The molecule has 0 nitrogen and oxygen atoms in total. The predicted octanol–water partition coefficient (Wildman–Crippen LogP) is 6.20. The summed E-state index contributed by atoms with van der Waals surface area (Å²) >= 11 is 0. The Bertz CT molecular complexity index is 124. The zero-order chi connectivity index (χ0) is 12.2. The van der Waals surface area contributed by atoms with Crippen molar-refractivity contribution in [3.8, 4) is 0 Å². The summed E-state index contributed by atoms with van der Waals surface area (Å²) in [5.74, 6) is 2.00. The third-order valence-corrected chi connectivity index (χ3v) is 4.18. The van der Waals surface area contributed by atoms with E-state index in [1.807, 2.05) is 0 Å². The van der Waals surface area contributed by atoms with Crippen LogP contribution in [0.1, 0.15) is 91.9 Å². The molecule has 0 amide bonds. The zero-order valence-electron chi connectivity index (χ0n) is 12.2. The molecule has 0 radical (unpaired) electrons. The van der Waals surface area contributed by atoms with Gasteiger partial charge in [-0.05, 0) is 11.8 Å². The molecule has 16 heavy (non-hydrogen) atoms. The lowest BCUT2D eigenvalue weighted by atomic mass is 9.88. The fraction of sp³-hybridized carbons (Fsp3) is 1.00. The number of rotatable bonds is 11. The Balaban J connectivity index is 3.57. The predicted molar refractivity (Wildman–Crippen MR) is 75.8 cm³/mol. The van der Waals surface area contributed by atoms with Crippen LogP contribution in [0.4, 0.5) is 0 Å². The highest BCUT2D eigenvalue weighted by Gasteiger charge is 2.09.